The van der Waals surface area contributed by atoms with Crippen molar-refractivity contribution in [1.29, 1.82) is 0 Å². The van der Waals surface area contributed by atoms with Crippen LogP contribution in [0.5, 0.6) is 0 Å². The number of anilines is 1. The van der Waals surface area contributed by atoms with Crippen LogP contribution in [0.15, 0.2) is 29.2 Å². The molecule has 2 aliphatic heterocycles. The number of benzene rings is 1. The first-order chi connectivity index (χ1) is 11.5. The van der Waals surface area contributed by atoms with E-state index >= 15 is 0 Å². The smallest absolute Gasteiger partial charge is 0.274 e. The van der Waals surface area contributed by atoms with Crippen molar-refractivity contribution in [2.24, 2.45) is 0 Å². The third-order valence-corrected chi connectivity index (χ3v) is 4.94. The number of rotatable bonds is 3. The Morgan fingerprint density at radius 3 is 2.50 bits per heavy atom. The number of carbonyl (C=O) groups excluding carboxylic acids is 4. The fourth-order valence-electron chi connectivity index (χ4n) is 2.81. The highest BCUT2D eigenvalue weighted by Gasteiger charge is 2.44. The summed E-state index contributed by atoms with van der Waals surface area (Å²) in [5.74, 6) is -1.43. The third kappa shape index (κ3) is 2.45. The van der Waals surface area contributed by atoms with Crippen LogP contribution in [0, 0.1) is 0 Å². The Balaban J connectivity index is 2.10. The summed E-state index contributed by atoms with van der Waals surface area (Å²) in [5, 5.41) is -0.373. The normalized spacial score (nSPS) is 20.2. The van der Waals surface area contributed by atoms with Crippen molar-refractivity contribution in [3.8, 4) is 0 Å². The highest BCUT2D eigenvalue weighted by molar-refractivity contribution is 8.18. The molecule has 2 heterocycles. The van der Waals surface area contributed by atoms with Gasteiger partial charge >= 0.3 is 0 Å². The van der Waals surface area contributed by atoms with E-state index in [0.29, 0.717) is 24.2 Å². The van der Waals surface area contributed by atoms with Gasteiger partial charge in [0.2, 0.25) is 5.91 Å². The van der Waals surface area contributed by atoms with Crippen LogP contribution in [0.3, 0.4) is 0 Å². The fraction of sp³-hybridized carbons (Fsp3) is 0.294. The van der Waals surface area contributed by atoms with Gasteiger partial charge in [0.1, 0.15) is 0 Å². The van der Waals surface area contributed by atoms with E-state index in [0.717, 1.165) is 23.1 Å². The van der Waals surface area contributed by atoms with Crippen LogP contribution < -0.4 is 4.90 Å². The van der Waals surface area contributed by atoms with Crippen LogP contribution in [0.4, 0.5) is 10.5 Å². The maximum absolute atomic E-state index is 12.7. The molecule has 0 unspecified atom stereocenters. The van der Waals surface area contributed by atoms with Gasteiger partial charge in [-0.3, -0.25) is 24.1 Å². The molecule has 0 saturated carbocycles. The molecule has 0 spiro atoms. The summed E-state index contributed by atoms with van der Waals surface area (Å²) in [7, 11) is 0. The lowest BCUT2D eigenvalue weighted by atomic mass is 10.1. The minimum atomic E-state index is -0.551. The molecule has 1 aromatic rings. The van der Waals surface area contributed by atoms with Crippen LogP contribution in [0.25, 0.3) is 5.57 Å². The molecule has 6 nitrogen and oxygen atoms in total. The van der Waals surface area contributed by atoms with Gasteiger partial charge in [-0.05, 0) is 24.2 Å². The maximum atomic E-state index is 12.7. The zero-order valence-electron chi connectivity index (χ0n) is 13.4. The maximum Gasteiger partial charge on any atom is 0.293 e. The van der Waals surface area contributed by atoms with E-state index in [9.17, 15) is 19.2 Å². The molecule has 0 aliphatic carbocycles. The second kappa shape index (κ2) is 6.24. The minimum Gasteiger partial charge on any atom is -0.274 e. The van der Waals surface area contributed by atoms with E-state index in [1.165, 1.54) is 11.8 Å². The predicted molar refractivity (Wildman–Crippen MR) is 91.1 cm³/mol. The number of amides is 4. The number of nitrogens with zero attached hydrogens (tertiary/aromatic N) is 2. The van der Waals surface area contributed by atoms with Gasteiger partial charge in [0.05, 0.1) is 16.2 Å². The van der Waals surface area contributed by atoms with Crippen LogP contribution in [0.2, 0.25) is 0 Å². The van der Waals surface area contributed by atoms with Gasteiger partial charge in [-0.2, -0.15) is 0 Å². The lowest BCUT2D eigenvalue weighted by molar-refractivity contribution is -0.124. The predicted octanol–water partition coefficient (Wildman–Crippen LogP) is 2.79. The summed E-state index contributed by atoms with van der Waals surface area (Å²) in [5.41, 5.74) is 1.10. The minimum absolute atomic E-state index is 0.109. The van der Waals surface area contributed by atoms with Gasteiger partial charge < -0.3 is 0 Å². The quantitative estimate of drug-likeness (QED) is 0.788. The van der Waals surface area contributed by atoms with Crippen LogP contribution >= 0.6 is 11.8 Å². The van der Waals surface area contributed by atoms with Crippen molar-refractivity contribution in [2.75, 3.05) is 11.4 Å². The van der Waals surface area contributed by atoms with E-state index in [1.54, 1.807) is 24.3 Å². The van der Waals surface area contributed by atoms with Gasteiger partial charge in [0.15, 0.2) is 0 Å². The molecule has 124 valence electrons. The second-order valence-corrected chi connectivity index (χ2v) is 6.52. The van der Waals surface area contributed by atoms with Crippen molar-refractivity contribution in [1.82, 2.24) is 4.90 Å². The molecule has 0 N–H and O–H groups in total. The molecule has 0 aromatic heterocycles. The largest absolute Gasteiger partial charge is 0.293 e. The molecule has 0 radical (unpaired) electrons. The second-order valence-electron chi connectivity index (χ2n) is 5.56. The first-order valence-electron chi connectivity index (χ1n) is 7.69. The molecule has 1 aromatic carbocycles. The van der Waals surface area contributed by atoms with E-state index in [2.05, 4.69) is 0 Å². The highest BCUT2D eigenvalue weighted by Crippen LogP contribution is 2.44. The topological polar surface area (TPSA) is 74.8 Å². The molecule has 0 atom stereocenters. The summed E-state index contributed by atoms with van der Waals surface area (Å²) in [6.45, 7) is 3.60. The van der Waals surface area contributed by atoms with Crippen molar-refractivity contribution in [3.05, 3.63) is 34.7 Å². The highest BCUT2D eigenvalue weighted by atomic mass is 32.2. The third-order valence-electron chi connectivity index (χ3n) is 3.96. The van der Waals surface area contributed by atoms with Gasteiger partial charge in [0.25, 0.3) is 17.1 Å². The van der Waals surface area contributed by atoms with Crippen molar-refractivity contribution >= 4 is 46.0 Å². The molecular formula is C17H16N2O4S. The summed E-state index contributed by atoms with van der Waals surface area (Å²) in [6.07, 6.45) is 1.57. The number of unbranched alkanes of at least 4 members (excludes halogenated alkanes) is 1. The standard InChI is InChI=1S/C17H16N2O4S/c1-3-4-9-18-16(22)14(24-17(18)23)13-11-7-5-6-8-12(11)19(10(2)20)15(13)21/h5-8H,3-4,9H2,1-2H3/b14-13-. The monoisotopic (exact) mass is 344 g/mol. The lowest BCUT2D eigenvalue weighted by Gasteiger charge is -2.12. The fourth-order valence-corrected chi connectivity index (χ4v) is 3.76. The lowest BCUT2D eigenvalue weighted by Crippen LogP contribution is -2.32. The molecule has 24 heavy (non-hydrogen) atoms. The van der Waals surface area contributed by atoms with Crippen LogP contribution in [0.1, 0.15) is 32.3 Å². The Labute approximate surface area is 143 Å². The average Bonchev–Trinajstić information content (AvgIpc) is 2.98. The Morgan fingerprint density at radius 1 is 1.12 bits per heavy atom. The Kier molecular flexibility index (Phi) is 4.28. The van der Waals surface area contributed by atoms with E-state index in [4.69, 9.17) is 0 Å². The Hall–Kier alpha value is -2.41. The number of imide groups is 2. The number of hydrogen-bond acceptors (Lipinski definition) is 5. The van der Waals surface area contributed by atoms with Crippen LogP contribution in [-0.2, 0) is 14.4 Å². The molecule has 4 amide bonds. The van der Waals surface area contributed by atoms with Crippen molar-refractivity contribution < 1.29 is 19.2 Å². The average molecular weight is 344 g/mol. The first-order valence-corrected chi connectivity index (χ1v) is 8.51. The zero-order valence-corrected chi connectivity index (χ0v) is 14.2. The van der Waals surface area contributed by atoms with Gasteiger partial charge in [-0.1, -0.05) is 31.5 Å². The number of thioether (sulfide) groups is 1. The van der Waals surface area contributed by atoms with Crippen molar-refractivity contribution in [2.45, 2.75) is 26.7 Å². The van der Waals surface area contributed by atoms with Gasteiger partial charge in [-0.15, -0.1) is 0 Å². The molecule has 1 saturated heterocycles. The van der Waals surface area contributed by atoms with Crippen LogP contribution in [-0.4, -0.2) is 34.4 Å². The molecule has 1 fully saturated rings. The van der Waals surface area contributed by atoms with Gasteiger partial charge in [-0.25, -0.2) is 4.90 Å². The molecule has 7 heteroatoms. The van der Waals surface area contributed by atoms with E-state index in [1.807, 2.05) is 6.92 Å². The first kappa shape index (κ1) is 16.4. The summed E-state index contributed by atoms with van der Waals surface area (Å²) < 4.78 is 0. The zero-order chi connectivity index (χ0) is 17.4. The molecule has 0 bridgehead atoms. The van der Waals surface area contributed by atoms with E-state index in [-0.39, 0.29) is 15.7 Å². The summed E-state index contributed by atoms with van der Waals surface area (Å²) in [4.78, 5) is 51.6. The van der Waals surface area contributed by atoms with Crippen molar-refractivity contribution in [3.63, 3.8) is 0 Å². The van der Waals surface area contributed by atoms with Gasteiger partial charge in [0, 0.05) is 19.0 Å². The summed E-state index contributed by atoms with van der Waals surface area (Å²) in [6, 6.07) is 6.80. The number of carbonyl (C=O) groups is 4. The SMILES string of the molecule is CCCCN1C(=O)S/C(=C2\C(=O)N(C(C)=O)c3ccccc32)C1=O. The Bertz CT molecular complexity index is 800. The Morgan fingerprint density at radius 2 is 1.83 bits per heavy atom. The number of fused-ring (bicyclic) bond motifs is 1. The number of hydrogen-bond donors (Lipinski definition) is 0. The summed E-state index contributed by atoms with van der Waals surface area (Å²) >= 11 is 0.769. The molecular weight excluding hydrogens is 328 g/mol. The molecule has 2 aliphatic rings. The molecule has 3 rings (SSSR count). The number of para-hydroxylation sites is 1. The van der Waals surface area contributed by atoms with E-state index < -0.39 is 17.7 Å².